The summed E-state index contributed by atoms with van der Waals surface area (Å²) in [6, 6.07) is 2.12. The molecule has 0 fully saturated rings. The molecule has 0 N–H and O–H groups in total. The number of rotatable bonds is 6. The molecule has 2 aromatic rings. The molecule has 21 heavy (non-hydrogen) atoms. The number of thioether (sulfide) groups is 1. The Hall–Kier alpha value is -0.580. The fourth-order valence-electron chi connectivity index (χ4n) is 2.62. The molecular formula is C17H21NS3. The van der Waals surface area contributed by atoms with Gasteiger partial charge in [-0.3, -0.25) is 0 Å². The lowest BCUT2D eigenvalue weighted by Gasteiger charge is -2.26. The molecule has 0 saturated carbocycles. The number of allylic oxidation sites excluding steroid dienone is 2. The van der Waals surface area contributed by atoms with Crippen LogP contribution in [0.25, 0.3) is 14.4 Å². The molecule has 0 aromatic carbocycles. The topological polar surface area (TPSA) is 12.9 Å². The van der Waals surface area contributed by atoms with Crippen LogP contribution in [-0.4, -0.2) is 4.98 Å². The minimum atomic E-state index is 0.202. The zero-order valence-corrected chi connectivity index (χ0v) is 15.0. The molecule has 3 heterocycles. The second-order valence-corrected chi connectivity index (χ2v) is 8.98. The van der Waals surface area contributed by atoms with Gasteiger partial charge in [0.1, 0.15) is 9.02 Å². The van der Waals surface area contributed by atoms with Gasteiger partial charge in [-0.1, -0.05) is 63.4 Å². The third-order valence-corrected chi connectivity index (χ3v) is 7.01. The molecule has 1 nitrogen and oxygen atoms in total. The van der Waals surface area contributed by atoms with Gasteiger partial charge in [0, 0.05) is 10.3 Å². The Morgan fingerprint density at radius 3 is 2.95 bits per heavy atom. The van der Waals surface area contributed by atoms with E-state index in [0.29, 0.717) is 0 Å². The largest absolute Gasteiger partial charge is 0.235 e. The van der Waals surface area contributed by atoms with Crippen LogP contribution in [0.15, 0.2) is 29.0 Å². The zero-order chi connectivity index (χ0) is 14.7. The fourth-order valence-corrected chi connectivity index (χ4v) is 5.74. The van der Waals surface area contributed by atoms with Gasteiger partial charge < -0.3 is 0 Å². The van der Waals surface area contributed by atoms with Gasteiger partial charge in [-0.25, -0.2) is 4.98 Å². The highest BCUT2D eigenvalue weighted by Gasteiger charge is 2.23. The highest BCUT2D eigenvalue weighted by Crippen LogP contribution is 2.44. The van der Waals surface area contributed by atoms with E-state index in [1.54, 1.807) is 11.3 Å². The Kier molecular flexibility index (Phi) is 4.87. The van der Waals surface area contributed by atoms with Crippen LogP contribution in [0.4, 0.5) is 0 Å². The third kappa shape index (κ3) is 3.61. The summed E-state index contributed by atoms with van der Waals surface area (Å²) in [6.45, 7) is 4.62. The first-order valence-corrected chi connectivity index (χ1v) is 10.2. The van der Waals surface area contributed by atoms with Crippen molar-refractivity contribution in [2.45, 2.75) is 46.0 Å². The predicted molar refractivity (Wildman–Crippen MR) is 99.1 cm³/mol. The van der Waals surface area contributed by atoms with Gasteiger partial charge in [0.15, 0.2) is 0 Å². The second-order valence-electron chi connectivity index (χ2n) is 5.86. The van der Waals surface area contributed by atoms with E-state index in [1.807, 2.05) is 23.1 Å². The molecule has 1 unspecified atom stereocenters. The molecule has 1 aliphatic rings. The molecule has 1 atom stereocenters. The van der Waals surface area contributed by atoms with E-state index in [4.69, 9.17) is 4.98 Å². The van der Waals surface area contributed by atoms with Crippen LogP contribution in [0.1, 0.15) is 51.0 Å². The Morgan fingerprint density at radius 2 is 2.14 bits per heavy atom. The SMILES string of the molecule is CCCCCCC1(C)C=CSC(c2nc3ccsc3s2)=C1. The Bertz CT molecular complexity index is 636. The van der Waals surface area contributed by atoms with Gasteiger partial charge in [-0.15, -0.1) is 22.7 Å². The molecule has 1 aliphatic heterocycles. The molecule has 0 bridgehead atoms. The molecule has 0 saturated heterocycles. The number of aromatic nitrogens is 1. The number of hydrogen-bond acceptors (Lipinski definition) is 4. The lowest BCUT2D eigenvalue weighted by atomic mass is 9.84. The van der Waals surface area contributed by atoms with Crippen LogP contribution in [-0.2, 0) is 0 Å². The first-order valence-electron chi connectivity index (χ1n) is 7.62. The summed E-state index contributed by atoms with van der Waals surface area (Å²) in [5, 5.41) is 5.56. The smallest absolute Gasteiger partial charge is 0.131 e. The lowest BCUT2D eigenvalue weighted by Crippen LogP contribution is -2.11. The quantitative estimate of drug-likeness (QED) is 0.530. The summed E-state index contributed by atoms with van der Waals surface area (Å²) in [4.78, 5) is 6.11. The van der Waals surface area contributed by atoms with Crippen LogP contribution >= 0.6 is 34.4 Å². The molecular weight excluding hydrogens is 314 g/mol. The van der Waals surface area contributed by atoms with Crippen LogP contribution in [0.3, 0.4) is 0 Å². The molecule has 0 amide bonds. The van der Waals surface area contributed by atoms with E-state index in [1.165, 1.54) is 46.0 Å². The predicted octanol–water partition coefficient (Wildman–Crippen LogP) is 6.94. The number of thiazole rings is 1. The van der Waals surface area contributed by atoms with Crippen molar-refractivity contribution in [3.05, 3.63) is 34.0 Å². The number of unbranched alkanes of at least 4 members (excludes halogenated alkanes) is 3. The third-order valence-electron chi connectivity index (χ3n) is 3.91. The van der Waals surface area contributed by atoms with Crippen molar-refractivity contribution < 1.29 is 0 Å². The fraction of sp³-hybridized carbons (Fsp3) is 0.471. The second kappa shape index (κ2) is 6.67. The molecule has 4 heteroatoms. The van der Waals surface area contributed by atoms with Crippen LogP contribution in [0.5, 0.6) is 0 Å². The van der Waals surface area contributed by atoms with Gasteiger partial charge in [0.25, 0.3) is 0 Å². The molecule has 2 aromatic heterocycles. The molecule has 0 aliphatic carbocycles. The number of hydrogen-bond donors (Lipinski definition) is 0. The van der Waals surface area contributed by atoms with Gasteiger partial charge in [-0.05, 0) is 23.3 Å². The van der Waals surface area contributed by atoms with Crippen LogP contribution in [0.2, 0.25) is 0 Å². The Morgan fingerprint density at radius 1 is 1.24 bits per heavy atom. The van der Waals surface area contributed by atoms with Crippen molar-refractivity contribution in [3.63, 3.8) is 0 Å². The van der Waals surface area contributed by atoms with Crippen molar-refractivity contribution in [1.29, 1.82) is 0 Å². The first-order chi connectivity index (χ1) is 10.2. The van der Waals surface area contributed by atoms with E-state index >= 15 is 0 Å². The maximum Gasteiger partial charge on any atom is 0.131 e. The van der Waals surface area contributed by atoms with Crippen molar-refractivity contribution in [1.82, 2.24) is 4.98 Å². The highest BCUT2D eigenvalue weighted by molar-refractivity contribution is 8.11. The van der Waals surface area contributed by atoms with E-state index < -0.39 is 0 Å². The van der Waals surface area contributed by atoms with E-state index in [0.717, 1.165) is 5.52 Å². The Labute approximate surface area is 139 Å². The Balaban J connectivity index is 1.74. The van der Waals surface area contributed by atoms with Crippen molar-refractivity contribution in [3.8, 4) is 0 Å². The zero-order valence-electron chi connectivity index (χ0n) is 12.6. The number of fused-ring (bicyclic) bond motifs is 1. The summed E-state index contributed by atoms with van der Waals surface area (Å²) >= 11 is 5.43. The number of nitrogens with zero attached hydrogens (tertiary/aromatic N) is 1. The highest BCUT2D eigenvalue weighted by atomic mass is 32.2. The van der Waals surface area contributed by atoms with Gasteiger partial charge >= 0.3 is 0 Å². The first kappa shape index (κ1) is 15.3. The van der Waals surface area contributed by atoms with Gasteiger partial charge in [0.2, 0.25) is 0 Å². The van der Waals surface area contributed by atoms with Crippen LogP contribution < -0.4 is 0 Å². The standard InChI is InChI=1S/C17H21NS3/c1-3-4-5-6-8-17(2)9-11-19-14(12-17)15-18-13-7-10-20-16(13)21-15/h7,9-12H,3-6,8H2,1-2H3. The van der Waals surface area contributed by atoms with E-state index in [-0.39, 0.29) is 5.41 Å². The molecule has 0 radical (unpaired) electrons. The average molecular weight is 336 g/mol. The van der Waals surface area contributed by atoms with Crippen LogP contribution in [0, 0.1) is 5.41 Å². The summed E-state index contributed by atoms with van der Waals surface area (Å²) in [5.74, 6) is 0. The van der Waals surface area contributed by atoms with Gasteiger partial charge in [-0.2, -0.15) is 0 Å². The summed E-state index contributed by atoms with van der Waals surface area (Å²) < 4.78 is 1.34. The van der Waals surface area contributed by atoms with Gasteiger partial charge in [0.05, 0.1) is 5.52 Å². The van der Waals surface area contributed by atoms with Crippen molar-refractivity contribution in [2.75, 3.05) is 0 Å². The number of thiophene rings is 1. The normalized spacial score (nSPS) is 21.9. The summed E-state index contributed by atoms with van der Waals surface area (Å²) in [6.07, 6.45) is 11.4. The lowest BCUT2D eigenvalue weighted by molar-refractivity contribution is 0.462. The van der Waals surface area contributed by atoms with E-state index in [9.17, 15) is 0 Å². The summed E-state index contributed by atoms with van der Waals surface area (Å²) in [5.41, 5.74) is 1.36. The maximum absolute atomic E-state index is 4.78. The minimum Gasteiger partial charge on any atom is -0.235 e. The monoisotopic (exact) mass is 335 g/mol. The molecule has 3 rings (SSSR count). The van der Waals surface area contributed by atoms with Crippen molar-refractivity contribution in [2.24, 2.45) is 5.41 Å². The summed E-state index contributed by atoms with van der Waals surface area (Å²) in [7, 11) is 0. The average Bonchev–Trinajstić information content (AvgIpc) is 3.05. The van der Waals surface area contributed by atoms with Crippen molar-refractivity contribution >= 4 is 48.9 Å². The molecule has 0 spiro atoms. The minimum absolute atomic E-state index is 0.202. The maximum atomic E-state index is 4.78. The van der Waals surface area contributed by atoms with E-state index in [2.05, 4.69) is 42.9 Å². The molecule has 112 valence electrons.